The molecule has 0 aliphatic heterocycles. The molecule has 166 valence electrons. The van der Waals surface area contributed by atoms with Crippen LogP contribution in [0.2, 0.25) is 15.1 Å². The van der Waals surface area contributed by atoms with E-state index in [1.165, 1.54) is 17.8 Å². The molecule has 0 bridgehead atoms. The fourth-order valence-electron chi connectivity index (χ4n) is 2.73. The van der Waals surface area contributed by atoms with Gasteiger partial charge in [-0.15, -0.1) is 0 Å². The minimum Gasteiger partial charge on any atom is -0.306 e. The number of anilines is 1. The second kappa shape index (κ2) is 9.46. The predicted molar refractivity (Wildman–Crippen MR) is 108 cm³/mol. The van der Waals surface area contributed by atoms with Gasteiger partial charge in [0.15, 0.2) is 5.82 Å². The first-order chi connectivity index (χ1) is 14.6. The van der Waals surface area contributed by atoms with E-state index in [1.807, 2.05) is 0 Å². The van der Waals surface area contributed by atoms with E-state index in [9.17, 15) is 22.4 Å². The van der Waals surface area contributed by atoms with Crippen LogP contribution in [-0.2, 0) is 11.3 Å². The molecule has 0 aliphatic carbocycles. The normalized spacial score (nSPS) is 12.6. The van der Waals surface area contributed by atoms with Gasteiger partial charge in [-0.1, -0.05) is 40.9 Å². The van der Waals surface area contributed by atoms with E-state index in [0.717, 1.165) is 5.56 Å². The molecule has 1 unspecified atom stereocenters. The fourth-order valence-corrected chi connectivity index (χ4v) is 3.25. The summed E-state index contributed by atoms with van der Waals surface area (Å²) in [5, 5.41) is 10.8. The maximum absolute atomic E-state index is 13.2. The first-order valence-electron chi connectivity index (χ1n) is 8.70. The maximum Gasteiger partial charge on any atom is 0.282 e. The molecule has 1 amide bonds. The van der Waals surface area contributed by atoms with Crippen molar-refractivity contribution in [1.82, 2.24) is 19.6 Å². The second-order valence-electron chi connectivity index (χ2n) is 6.48. The second-order valence-corrected chi connectivity index (χ2v) is 7.70. The lowest BCUT2D eigenvalue weighted by Crippen LogP contribution is -2.26. The number of halogens is 7. The number of amides is 1. The number of hydrogen-bond donors (Lipinski definition) is 1. The van der Waals surface area contributed by atoms with Crippen LogP contribution in [0.25, 0.3) is 0 Å². The Labute approximate surface area is 188 Å². The van der Waals surface area contributed by atoms with Gasteiger partial charge in [0.25, 0.3) is 12.9 Å². The highest BCUT2D eigenvalue weighted by atomic mass is 35.5. The molecule has 0 spiro atoms. The third kappa shape index (κ3) is 5.31. The minimum atomic E-state index is -3.09. The van der Waals surface area contributed by atoms with Crippen LogP contribution in [0.15, 0.2) is 30.5 Å². The van der Waals surface area contributed by atoms with Gasteiger partial charge >= 0.3 is 0 Å². The standard InChI is InChI=1S/C18H14Cl3F4N5O/c1-8(30-14(16(24)25)5-13(27-30)15(22)23)18(31)26-17-12(21)7-29(28-17)6-9-2-3-10(19)11(20)4-9/h2-5,7-8,15-16H,6H2,1H3,(H,26,28,31). The number of carbonyl (C=O) groups excluding carboxylic acids is 1. The highest BCUT2D eigenvalue weighted by Crippen LogP contribution is 2.29. The first-order valence-corrected chi connectivity index (χ1v) is 9.83. The van der Waals surface area contributed by atoms with Crippen molar-refractivity contribution >= 4 is 46.5 Å². The quantitative estimate of drug-likeness (QED) is 0.397. The topological polar surface area (TPSA) is 64.7 Å². The Hall–Kier alpha value is -2.30. The summed E-state index contributed by atoms with van der Waals surface area (Å²) in [6.07, 6.45) is -4.71. The van der Waals surface area contributed by atoms with E-state index < -0.39 is 36.2 Å². The molecule has 0 fully saturated rings. The van der Waals surface area contributed by atoms with Crippen molar-refractivity contribution < 1.29 is 22.4 Å². The molecule has 13 heteroatoms. The molecule has 1 aromatic carbocycles. The number of benzene rings is 1. The van der Waals surface area contributed by atoms with E-state index in [4.69, 9.17) is 34.8 Å². The lowest BCUT2D eigenvalue weighted by Gasteiger charge is -2.14. The number of nitrogens with one attached hydrogen (secondary N) is 1. The lowest BCUT2D eigenvalue weighted by molar-refractivity contribution is -0.119. The smallest absolute Gasteiger partial charge is 0.282 e. The summed E-state index contributed by atoms with van der Waals surface area (Å²) in [7, 11) is 0. The van der Waals surface area contributed by atoms with Crippen molar-refractivity contribution in [3.8, 4) is 0 Å². The van der Waals surface area contributed by atoms with Gasteiger partial charge in [0, 0.05) is 6.20 Å². The number of aromatic nitrogens is 4. The van der Waals surface area contributed by atoms with Crippen LogP contribution < -0.4 is 5.32 Å². The van der Waals surface area contributed by atoms with Crippen molar-refractivity contribution in [1.29, 1.82) is 0 Å². The first kappa shape index (κ1) is 23.4. The summed E-state index contributed by atoms with van der Waals surface area (Å²) in [5.41, 5.74) is -0.884. The highest BCUT2D eigenvalue weighted by molar-refractivity contribution is 6.42. The molecule has 0 aliphatic rings. The van der Waals surface area contributed by atoms with Gasteiger partial charge in [-0.2, -0.15) is 10.2 Å². The zero-order chi connectivity index (χ0) is 22.9. The molecule has 0 saturated carbocycles. The molecule has 31 heavy (non-hydrogen) atoms. The minimum absolute atomic E-state index is 0.0292. The van der Waals surface area contributed by atoms with Crippen molar-refractivity contribution in [2.75, 3.05) is 5.32 Å². The van der Waals surface area contributed by atoms with Crippen LogP contribution >= 0.6 is 34.8 Å². The molecule has 2 aromatic heterocycles. The lowest BCUT2D eigenvalue weighted by atomic mass is 10.2. The van der Waals surface area contributed by atoms with Crippen molar-refractivity contribution in [3.05, 3.63) is 62.5 Å². The fraction of sp³-hybridized carbons (Fsp3) is 0.278. The van der Waals surface area contributed by atoms with Gasteiger partial charge in [-0.3, -0.25) is 14.2 Å². The molecule has 3 aromatic rings. The summed E-state index contributed by atoms with van der Waals surface area (Å²) in [6, 6.07) is 4.23. The van der Waals surface area contributed by atoms with E-state index in [1.54, 1.807) is 18.2 Å². The Balaban J connectivity index is 1.77. The Morgan fingerprint density at radius 1 is 1.03 bits per heavy atom. The third-order valence-corrected chi connectivity index (χ3v) is 5.28. The van der Waals surface area contributed by atoms with Gasteiger partial charge < -0.3 is 5.32 Å². The Morgan fingerprint density at radius 2 is 1.74 bits per heavy atom. The van der Waals surface area contributed by atoms with E-state index >= 15 is 0 Å². The maximum atomic E-state index is 13.2. The molecule has 2 heterocycles. The summed E-state index contributed by atoms with van der Waals surface area (Å²) in [5.74, 6) is -0.842. The van der Waals surface area contributed by atoms with Crippen LogP contribution in [0.5, 0.6) is 0 Å². The van der Waals surface area contributed by atoms with Crippen molar-refractivity contribution in [3.63, 3.8) is 0 Å². The van der Waals surface area contributed by atoms with Gasteiger partial charge in [0.2, 0.25) is 5.91 Å². The van der Waals surface area contributed by atoms with Crippen LogP contribution in [0.4, 0.5) is 23.4 Å². The number of carbonyl (C=O) groups is 1. The van der Waals surface area contributed by atoms with Crippen LogP contribution in [-0.4, -0.2) is 25.5 Å². The Kier molecular flexibility index (Phi) is 7.13. The van der Waals surface area contributed by atoms with E-state index in [0.29, 0.717) is 20.8 Å². The van der Waals surface area contributed by atoms with E-state index in [-0.39, 0.29) is 17.4 Å². The summed E-state index contributed by atoms with van der Waals surface area (Å²) in [6.45, 7) is 1.50. The molecule has 3 rings (SSSR count). The Morgan fingerprint density at radius 3 is 2.35 bits per heavy atom. The van der Waals surface area contributed by atoms with Gasteiger partial charge in [-0.05, 0) is 30.7 Å². The highest BCUT2D eigenvalue weighted by Gasteiger charge is 2.27. The number of nitrogens with zero attached hydrogens (tertiary/aromatic N) is 4. The molecule has 6 nitrogen and oxygen atoms in total. The number of rotatable bonds is 7. The third-order valence-electron chi connectivity index (χ3n) is 4.26. The average molecular weight is 499 g/mol. The summed E-state index contributed by atoms with van der Waals surface area (Å²) >= 11 is 18.0. The summed E-state index contributed by atoms with van der Waals surface area (Å²) in [4.78, 5) is 12.5. The van der Waals surface area contributed by atoms with Crippen molar-refractivity contribution in [2.45, 2.75) is 32.4 Å². The zero-order valence-electron chi connectivity index (χ0n) is 15.7. The zero-order valence-corrected chi connectivity index (χ0v) is 17.9. The average Bonchev–Trinajstić information content (AvgIpc) is 3.28. The Bertz CT molecular complexity index is 1100. The van der Waals surface area contributed by atoms with Crippen LogP contribution in [0.1, 0.15) is 42.8 Å². The monoisotopic (exact) mass is 497 g/mol. The number of hydrogen-bond acceptors (Lipinski definition) is 3. The predicted octanol–water partition coefficient (Wildman–Crippen LogP) is 6.16. The van der Waals surface area contributed by atoms with E-state index in [2.05, 4.69) is 15.5 Å². The van der Waals surface area contributed by atoms with Gasteiger partial charge in [0.1, 0.15) is 22.5 Å². The molecule has 0 radical (unpaired) electrons. The molecular weight excluding hydrogens is 485 g/mol. The number of alkyl halides is 4. The molecule has 0 saturated heterocycles. The van der Waals surface area contributed by atoms with Crippen molar-refractivity contribution in [2.24, 2.45) is 0 Å². The SMILES string of the molecule is CC(C(=O)Nc1nn(Cc2ccc(Cl)c(Cl)c2)cc1Cl)n1nc(C(F)F)cc1C(F)F. The van der Waals surface area contributed by atoms with Gasteiger partial charge in [-0.25, -0.2) is 17.6 Å². The molecule has 1 N–H and O–H groups in total. The van der Waals surface area contributed by atoms with Gasteiger partial charge in [0.05, 0.1) is 16.6 Å². The largest absolute Gasteiger partial charge is 0.306 e. The molecular formula is C18H14Cl3F4N5O. The van der Waals surface area contributed by atoms with Crippen LogP contribution in [0, 0.1) is 0 Å². The summed E-state index contributed by atoms with van der Waals surface area (Å²) < 4.78 is 54.1. The van der Waals surface area contributed by atoms with Crippen LogP contribution in [0.3, 0.4) is 0 Å². The molecule has 1 atom stereocenters.